The summed E-state index contributed by atoms with van der Waals surface area (Å²) in [6.07, 6.45) is 2.85. The van der Waals surface area contributed by atoms with Crippen LogP contribution in [0.15, 0.2) is 21.3 Å². The third kappa shape index (κ3) is 3.66. The van der Waals surface area contributed by atoms with E-state index < -0.39 is 21.2 Å². The maximum Gasteiger partial charge on any atom is 0.259 e. The average molecular weight is 352 g/mol. The quantitative estimate of drug-likeness (QED) is 0.783. The van der Waals surface area contributed by atoms with E-state index in [4.69, 9.17) is 0 Å². The molecule has 0 spiro atoms. The van der Waals surface area contributed by atoms with Crippen LogP contribution >= 0.6 is 27.3 Å². The number of carbonyl (C=O) groups is 1. The van der Waals surface area contributed by atoms with E-state index in [1.807, 2.05) is 11.4 Å². The summed E-state index contributed by atoms with van der Waals surface area (Å²) in [6, 6.07) is 1.85. The highest BCUT2D eigenvalue weighted by Crippen LogP contribution is 2.21. The lowest BCUT2D eigenvalue weighted by atomic mass is 10.3. The Balaban J connectivity index is 2.81. The zero-order chi connectivity index (χ0) is 13.9. The lowest BCUT2D eigenvalue weighted by Gasteiger charge is -2.18. The highest BCUT2D eigenvalue weighted by molar-refractivity contribution is 9.11. The molecular formula is C11H14BrNO3S2. The van der Waals surface area contributed by atoms with Crippen molar-refractivity contribution in [2.45, 2.75) is 19.1 Å². The van der Waals surface area contributed by atoms with Crippen molar-refractivity contribution in [1.82, 2.24) is 4.31 Å². The van der Waals surface area contributed by atoms with Crippen LogP contribution in [0.3, 0.4) is 0 Å². The van der Waals surface area contributed by atoms with Crippen molar-refractivity contribution in [1.29, 1.82) is 0 Å². The van der Waals surface area contributed by atoms with Gasteiger partial charge in [0.15, 0.2) is 0 Å². The number of hydrogen-bond donors (Lipinski definition) is 0. The molecule has 1 aromatic rings. The molecular weight excluding hydrogens is 338 g/mol. The number of hydrogen-bond acceptors (Lipinski definition) is 4. The second-order valence-electron chi connectivity index (χ2n) is 3.92. The first-order valence-electron chi connectivity index (χ1n) is 5.19. The lowest BCUT2D eigenvalue weighted by molar-refractivity contribution is -0.120. The number of amides is 1. The molecule has 7 heteroatoms. The summed E-state index contributed by atoms with van der Waals surface area (Å²) in [4.78, 5) is 11.7. The van der Waals surface area contributed by atoms with Crippen LogP contribution in [0.5, 0.6) is 0 Å². The van der Waals surface area contributed by atoms with Crippen LogP contribution in [0.25, 0.3) is 6.08 Å². The molecule has 1 amide bonds. The molecule has 0 aliphatic carbocycles. The molecule has 18 heavy (non-hydrogen) atoms. The molecule has 100 valence electrons. The van der Waals surface area contributed by atoms with Crippen LogP contribution in [-0.2, 0) is 14.8 Å². The van der Waals surface area contributed by atoms with Crippen molar-refractivity contribution in [3.8, 4) is 0 Å². The number of nitrogens with zero attached hydrogens (tertiary/aromatic N) is 1. The summed E-state index contributed by atoms with van der Waals surface area (Å²) in [5.74, 6) is -0.550. The Hall–Kier alpha value is -0.660. The third-order valence-electron chi connectivity index (χ3n) is 2.29. The molecule has 0 aliphatic heterocycles. The Labute approximate surface area is 119 Å². The van der Waals surface area contributed by atoms with E-state index in [0.29, 0.717) is 0 Å². The van der Waals surface area contributed by atoms with Crippen LogP contribution < -0.4 is 0 Å². The van der Waals surface area contributed by atoms with Gasteiger partial charge in [-0.3, -0.25) is 4.79 Å². The fourth-order valence-electron chi connectivity index (χ4n) is 1.12. The van der Waals surface area contributed by atoms with Gasteiger partial charge in [-0.05, 0) is 52.9 Å². The Bertz CT molecular complexity index is 561. The molecule has 0 unspecified atom stereocenters. The normalized spacial score (nSPS) is 12.3. The fourth-order valence-corrected chi connectivity index (χ4v) is 3.21. The Morgan fingerprint density at radius 2 is 2.11 bits per heavy atom. The molecule has 0 saturated heterocycles. The number of thiophene rings is 1. The Kier molecular flexibility index (Phi) is 5.12. The Morgan fingerprint density at radius 3 is 2.56 bits per heavy atom. The summed E-state index contributed by atoms with van der Waals surface area (Å²) < 4.78 is 25.2. The van der Waals surface area contributed by atoms with Gasteiger partial charge in [0.1, 0.15) is 0 Å². The summed E-state index contributed by atoms with van der Waals surface area (Å²) >= 11 is 4.81. The van der Waals surface area contributed by atoms with E-state index in [9.17, 15) is 13.2 Å². The number of halogens is 1. The summed E-state index contributed by atoms with van der Waals surface area (Å²) in [6.45, 7) is 3.08. The van der Waals surface area contributed by atoms with E-state index >= 15 is 0 Å². The largest absolute Gasteiger partial charge is 0.269 e. The fraction of sp³-hybridized carbons (Fsp3) is 0.364. The number of likely N-dealkylation sites (N-methyl/N-ethyl adjacent to an activating group) is 1. The van der Waals surface area contributed by atoms with Gasteiger partial charge in [0.2, 0.25) is 10.0 Å². The second kappa shape index (κ2) is 5.99. The molecule has 0 bridgehead atoms. The van der Waals surface area contributed by atoms with E-state index in [0.717, 1.165) is 13.7 Å². The van der Waals surface area contributed by atoms with Gasteiger partial charge in [0, 0.05) is 13.1 Å². The van der Waals surface area contributed by atoms with Crippen LogP contribution in [0.4, 0.5) is 0 Å². The molecule has 0 aromatic carbocycles. The zero-order valence-electron chi connectivity index (χ0n) is 10.3. The van der Waals surface area contributed by atoms with Gasteiger partial charge in [-0.15, -0.1) is 11.3 Å². The molecule has 0 aliphatic rings. The zero-order valence-corrected chi connectivity index (χ0v) is 13.5. The Morgan fingerprint density at radius 1 is 1.50 bits per heavy atom. The smallest absolute Gasteiger partial charge is 0.259 e. The first-order valence-corrected chi connectivity index (χ1v) is 8.36. The predicted molar refractivity (Wildman–Crippen MR) is 77.9 cm³/mol. The number of rotatable bonds is 4. The van der Waals surface area contributed by atoms with E-state index in [1.165, 1.54) is 24.5 Å². The van der Waals surface area contributed by atoms with Crippen molar-refractivity contribution in [3.05, 3.63) is 26.9 Å². The summed E-state index contributed by atoms with van der Waals surface area (Å²) in [5.41, 5.74) is 0.857. The molecule has 0 radical (unpaired) electrons. The van der Waals surface area contributed by atoms with Crippen molar-refractivity contribution in [2.75, 3.05) is 7.05 Å². The molecule has 0 N–H and O–H groups in total. The second-order valence-corrected chi connectivity index (χ2v) is 8.73. The first kappa shape index (κ1) is 15.4. The molecule has 1 heterocycles. The third-order valence-corrected chi connectivity index (χ3v) is 5.95. The van der Waals surface area contributed by atoms with Crippen LogP contribution in [0.1, 0.15) is 19.4 Å². The maximum absolute atomic E-state index is 11.8. The molecule has 0 saturated carbocycles. The van der Waals surface area contributed by atoms with Crippen LogP contribution in [-0.4, -0.2) is 30.9 Å². The topological polar surface area (TPSA) is 54.5 Å². The van der Waals surface area contributed by atoms with Crippen molar-refractivity contribution in [2.24, 2.45) is 0 Å². The molecule has 1 aromatic heterocycles. The average Bonchev–Trinajstić information content (AvgIpc) is 2.70. The van der Waals surface area contributed by atoms with Crippen LogP contribution in [0, 0.1) is 0 Å². The minimum atomic E-state index is -3.55. The van der Waals surface area contributed by atoms with Gasteiger partial charge in [-0.25, -0.2) is 12.7 Å². The van der Waals surface area contributed by atoms with E-state index in [-0.39, 0.29) is 0 Å². The van der Waals surface area contributed by atoms with Gasteiger partial charge in [-0.1, -0.05) is 0 Å². The molecule has 1 rings (SSSR count). The van der Waals surface area contributed by atoms with E-state index in [1.54, 1.807) is 19.9 Å². The molecule has 0 atom stereocenters. The van der Waals surface area contributed by atoms with Gasteiger partial charge in [0.25, 0.3) is 5.91 Å². The molecule has 4 nitrogen and oxygen atoms in total. The van der Waals surface area contributed by atoms with Gasteiger partial charge < -0.3 is 0 Å². The standard InChI is InChI=1S/C11H14BrNO3S2/c1-8(2)18(15,16)13(3)11(14)5-4-9-6-10(12)17-7-9/h4-8H,1-3H3/b5-4+. The highest BCUT2D eigenvalue weighted by atomic mass is 79.9. The summed E-state index contributed by atoms with van der Waals surface area (Å²) in [7, 11) is -2.28. The number of sulfonamides is 1. The number of carbonyl (C=O) groups excluding carboxylic acids is 1. The van der Waals surface area contributed by atoms with Crippen molar-refractivity contribution in [3.63, 3.8) is 0 Å². The first-order chi connectivity index (χ1) is 8.25. The van der Waals surface area contributed by atoms with Crippen LogP contribution in [0.2, 0.25) is 0 Å². The highest BCUT2D eigenvalue weighted by Gasteiger charge is 2.24. The van der Waals surface area contributed by atoms with Crippen molar-refractivity contribution < 1.29 is 13.2 Å². The lowest BCUT2D eigenvalue weighted by Crippen LogP contribution is -2.36. The minimum absolute atomic E-state index is 0.550. The maximum atomic E-state index is 11.8. The van der Waals surface area contributed by atoms with Crippen molar-refractivity contribution >= 4 is 49.3 Å². The summed E-state index contributed by atoms with van der Waals surface area (Å²) in [5, 5.41) is 1.25. The minimum Gasteiger partial charge on any atom is -0.269 e. The van der Waals surface area contributed by atoms with E-state index in [2.05, 4.69) is 15.9 Å². The SMILES string of the molecule is CC(C)S(=O)(=O)N(C)C(=O)/C=C/c1csc(Br)c1. The predicted octanol–water partition coefficient (Wildman–Crippen LogP) is 2.72. The van der Waals surface area contributed by atoms with Gasteiger partial charge in [-0.2, -0.15) is 0 Å². The monoisotopic (exact) mass is 351 g/mol. The van der Waals surface area contributed by atoms with Gasteiger partial charge in [0.05, 0.1) is 9.04 Å². The molecule has 0 fully saturated rings. The van der Waals surface area contributed by atoms with Gasteiger partial charge >= 0.3 is 0 Å².